The average Bonchev–Trinajstić information content (AvgIpc) is 2.49. The van der Waals surface area contributed by atoms with E-state index in [9.17, 15) is 4.79 Å². The van der Waals surface area contributed by atoms with Crippen molar-refractivity contribution in [1.29, 1.82) is 5.26 Å². The highest BCUT2D eigenvalue weighted by Gasteiger charge is 2.09. The van der Waals surface area contributed by atoms with Gasteiger partial charge in [0, 0.05) is 19.7 Å². The van der Waals surface area contributed by atoms with E-state index in [1.54, 1.807) is 6.08 Å². The van der Waals surface area contributed by atoms with Crippen molar-refractivity contribution in [1.82, 2.24) is 4.90 Å². The van der Waals surface area contributed by atoms with Crippen LogP contribution in [0.15, 0.2) is 23.9 Å². The molecule has 0 aliphatic carbocycles. The molecule has 0 saturated carbocycles. The number of likely N-dealkylation sites (tertiary alicyclic amines) is 1. The van der Waals surface area contributed by atoms with Crippen LogP contribution < -0.4 is 0 Å². The van der Waals surface area contributed by atoms with Crippen molar-refractivity contribution in [3.8, 4) is 6.07 Å². The van der Waals surface area contributed by atoms with Crippen molar-refractivity contribution >= 4 is 5.97 Å². The number of carbonyl (C=O) groups excluding carboxylic acids is 1. The maximum absolute atomic E-state index is 11.6. The zero-order valence-corrected chi connectivity index (χ0v) is 12.0. The molecule has 0 aromatic carbocycles. The largest absolute Gasteiger partial charge is 0.459 e. The lowest BCUT2D eigenvalue weighted by Gasteiger charge is -2.24. The van der Waals surface area contributed by atoms with Crippen LogP contribution in [0.25, 0.3) is 0 Å². The van der Waals surface area contributed by atoms with E-state index in [0.29, 0.717) is 13.2 Å². The number of esters is 1. The second kappa shape index (κ2) is 10.0. The molecule has 1 rings (SSSR count). The lowest BCUT2D eigenvalue weighted by atomic mass is 10.1. The van der Waals surface area contributed by atoms with Gasteiger partial charge in [0.05, 0.1) is 6.61 Å². The summed E-state index contributed by atoms with van der Waals surface area (Å²) in [5.41, 5.74) is 0.00904. The third kappa shape index (κ3) is 6.39. The van der Waals surface area contributed by atoms with E-state index >= 15 is 0 Å². The first kappa shape index (κ1) is 16.3. The van der Waals surface area contributed by atoms with Gasteiger partial charge in [-0.2, -0.15) is 5.26 Å². The van der Waals surface area contributed by atoms with Crippen LogP contribution in [0.5, 0.6) is 0 Å². The summed E-state index contributed by atoms with van der Waals surface area (Å²) in [6, 6.07) is 1.86. The van der Waals surface area contributed by atoms with Gasteiger partial charge in [-0.1, -0.05) is 0 Å². The minimum absolute atomic E-state index is 0.00904. The number of hydrogen-bond acceptors (Lipinski definition) is 5. The molecule has 0 radical (unpaired) electrons. The third-order valence-corrected chi connectivity index (χ3v) is 2.96. The number of hydrogen-bond donors (Lipinski definition) is 0. The monoisotopic (exact) mass is 278 g/mol. The van der Waals surface area contributed by atoms with E-state index in [1.165, 1.54) is 25.3 Å². The summed E-state index contributed by atoms with van der Waals surface area (Å²) >= 11 is 0. The van der Waals surface area contributed by atoms with Crippen molar-refractivity contribution in [2.75, 3.05) is 32.9 Å². The predicted molar refractivity (Wildman–Crippen MR) is 75.7 cm³/mol. The topological polar surface area (TPSA) is 62.6 Å². The molecule has 1 heterocycles. The molecule has 1 fully saturated rings. The van der Waals surface area contributed by atoms with Crippen molar-refractivity contribution in [2.45, 2.75) is 26.2 Å². The van der Waals surface area contributed by atoms with Crippen LogP contribution in [0.4, 0.5) is 0 Å². The Balaban J connectivity index is 2.39. The van der Waals surface area contributed by atoms with Gasteiger partial charge in [0.1, 0.15) is 18.2 Å². The Kier molecular flexibility index (Phi) is 8.16. The first-order valence-electron chi connectivity index (χ1n) is 7.05. The zero-order valence-electron chi connectivity index (χ0n) is 12.0. The molecule has 1 aliphatic rings. The van der Waals surface area contributed by atoms with E-state index in [0.717, 1.165) is 13.1 Å². The fraction of sp³-hybridized carbons (Fsp3) is 0.600. The number of rotatable bonds is 7. The van der Waals surface area contributed by atoms with Crippen LogP contribution in [0, 0.1) is 11.3 Å². The van der Waals surface area contributed by atoms with Gasteiger partial charge in [0.25, 0.3) is 0 Å². The molecule has 0 atom stereocenters. The molecule has 1 saturated heterocycles. The molecular weight excluding hydrogens is 256 g/mol. The lowest BCUT2D eigenvalue weighted by molar-refractivity contribution is -0.140. The highest BCUT2D eigenvalue weighted by Crippen LogP contribution is 2.08. The Labute approximate surface area is 120 Å². The SMILES string of the molecule is CCOCCOC(=O)/C(C#N)=C/C=C/N1CCCCC1. The molecule has 20 heavy (non-hydrogen) atoms. The molecule has 5 heteroatoms. The molecule has 0 unspecified atom stereocenters. The summed E-state index contributed by atoms with van der Waals surface area (Å²) in [4.78, 5) is 13.8. The maximum atomic E-state index is 11.6. The molecule has 110 valence electrons. The number of nitriles is 1. The maximum Gasteiger partial charge on any atom is 0.348 e. The third-order valence-electron chi connectivity index (χ3n) is 2.96. The van der Waals surface area contributed by atoms with Gasteiger partial charge in [-0.15, -0.1) is 0 Å². The highest BCUT2D eigenvalue weighted by molar-refractivity contribution is 5.93. The Morgan fingerprint density at radius 3 is 2.70 bits per heavy atom. The molecular formula is C15H22N2O3. The zero-order chi connectivity index (χ0) is 14.6. The summed E-state index contributed by atoms with van der Waals surface area (Å²) < 4.78 is 9.99. The Bertz CT molecular complexity index is 390. The average molecular weight is 278 g/mol. The van der Waals surface area contributed by atoms with Crippen molar-refractivity contribution in [3.05, 3.63) is 23.9 Å². The van der Waals surface area contributed by atoms with Gasteiger partial charge in [-0.25, -0.2) is 4.79 Å². The number of piperidine rings is 1. The first-order chi connectivity index (χ1) is 9.77. The molecule has 0 aromatic heterocycles. The predicted octanol–water partition coefficient (Wildman–Crippen LogP) is 2.02. The molecule has 1 aliphatic heterocycles. The summed E-state index contributed by atoms with van der Waals surface area (Å²) in [5.74, 6) is -0.601. The Morgan fingerprint density at radius 1 is 1.30 bits per heavy atom. The van der Waals surface area contributed by atoms with Gasteiger partial charge < -0.3 is 14.4 Å². The summed E-state index contributed by atoms with van der Waals surface area (Å²) in [6.07, 6.45) is 8.81. The minimum Gasteiger partial charge on any atom is -0.459 e. The summed E-state index contributed by atoms with van der Waals surface area (Å²) in [7, 11) is 0. The standard InChI is InChI=1S/C15H22N2O3/c1-2-19-11-12-20-15(18)14(13-16)7-6-10-17-8-4-3-5-9-17/h6-7,10H,2-5,8-9,11-12H2,1H3/b10-6+,14-7+. The Morgan fingerprint density at radius 2 is 2.05 bits per heavy atom. The first-order valence-corrected chi connectivity index (χ1v) is 7.05. The van der Waals surface area contributed by atoms with Gasteiger partial charge in [0.15, 0.2) is 0 Å². The van der Waals surface area contributed by atoms with Gasteiger partial charge >= 0.3 is 5.97 Å². The molecule has 0 amide bonds. The second-order valence-corrected chi connectivity index (χ2v) is 4.46. The Hall–Kier alpha value is -1.80. The van der Waals surface area contributed by atoms with Crippen LogP contribution in [0.2, 0.25) is 0 Å². The summed E-state index contributed by atoms with van der Waals surface area (Å²) in [5, 5.41) is 8.94. The van der Waals surface area contributed by atoms with Gasteiger partial charge in [-0.3, -0.25) is 0 Å². The van der Waals surface area contributed by atoms with E-state index in [1.807, 2.05) is 19.2 Å². The molecule has 0 bridgehead atoms. The number of carbonyl (C=O) groups is 1. The quantitative estimate of drug-likeness (QED) is 0.234. The van der Waals surface area contributed by atoms with Crippen LogP contribution >= 0.6 is 0 Å². The van der Waals surface area contributed by atoms with E-state index in [2.05, 4.69) is 4.90 Å². The fourth-order valence-electron chi connectivity index (χ4n) is 1.89. The van der Waals surface area contributed by atoms with Gasteiger partial charge in [0.2, 0.25) is 0 Å². The minimum atomic E-state index is -0.601. The highest BCUT2D eigenvalue weighted by atomic mass is 16.6. The molecule has 0 N–H and O–H groups in total. The van der Waals surface area contributed by atoms with Crippen molar-refractivity contribution in [2.24, 2.45) is 0 Å². The van der Waals surface area contributed by atoms with E-state index in [4.69, 9.17) is 14.7 Å². The van der Waals surface area contributed by atoms with Gasteiger partial charge in [-0.05, 0) is 44.5 Å². The van der Waals surface area contributed by atoms with Crippen molar-refractivity contribution < 1.29 is 14.3 Å². The second-order valence-electron chi connectivity index (χ2n) is 4.46. The van der Waals surface area contributed by atoms with Crippen LogP contribution in [0.1, 0.15) is 26.2 Å². The number of nitrogens with zero attached hydrogens (tertiary/aromatic N) is 2. The van der Waals surface area contributed by atoms with E-state index < -0.39 is 5.97 Å². The normalized spacial score (nSPS) is 16.2. The van der Waals surface area contributed by atoms with Crippen molar-refractivity contribution in [3.63, 3.8) is 0 Å². The number of ether oxygens (including phenoxy) is 2. The van der Waals surface area contributed by atoms with E-state index in [-0.39, 0.29) is 12.2 Å². The fourth-order valence-corrected chi connectivity index (χ4v) is 1.89. The molecule has 0 aromatic rings. The number of allylic oxidation sites excluding steroid dienone is 2. The van der Waals surface area contributed by atoms with Crippen LogP contribution in [-0.2, 0) is 14.3 Å². The smallest absolute Gasteiger partial charge is 0.348 e. The molecule has 5 nitrogen and oxygen atoms in total. The summed E-state index contributed by atoms with van der Waals surface area (Å²) in [6.45, 7) is 5.03. The van der Waals surface area contributed by atoms with Crippen LogP contribution in [-0.4, -0.2) is 43.8 Å². The van der Waals surface area contributed by atoms with Crippen LogP contribution in [0.3, 0.4) is 0 Å². The lowest BCUT2D eigenvalue weighted by Crippen LogP contribution is -2.23. The molecule has 0 spiro atoms.